The number of carbonyl (C=O) groups excluding carboxylic acids is 1. The molecular weight excluding hydrogens is 322 g/mol. The highest BCUT2D eigenvalue weighted by atomic mass is 32.1. The molecule has 0 aliphatic carbocycles. The fourth-order valence-electron chi connectivity index (χ4n) is 2.45. The molecule has 0 unspecified atom stereocenters. The van der Waals surface area contributed by atoms with Gasteiger partial charge in [0.2, 0.25) is 0 Å². The van der Waals surface area contributed by atoms with Crippen LogP contribution in [0.15, 0.2) is 48.4 Å². The Morgan fingerprint density at radius 1 is 1.33 bits per heavy atom. The highest BCUT2D eigenvalue weighted by Gasteiger charge is 2.10. The molecule has 7 heteroatoms. The molecule has 124 valence electrons. The summed E-state index contributed by atoms with van der Waals surface area (Å²) in [5, 5.41) is 8.38. The molecule has 0 aliphatic rings. The van der Waals surface area contributed by atoms with Gasteiger partial charge in [-0.15, -0.1) is 11.3 Å². The van der Waals surface area contributed by atoms with Gasteiger partial charge in [-0.25, -0.2) is 14.8 Å². The van der Waals surface area contributed by atoms with E-state index >= 15 is 0 Å². The molecule has 2 amide bonds. The van der Waals surface area contributed by atoms with Gasteiger partial charge in [-0.3, -0.25) is 0 Å². The first-order valence-corrected chi connectivity index (χ1v) is 8.53. The van der Waals surface area contributed by atoms with Crippen molar-refractivity contribution in [2.45, 2.75) is 26.4 Å². The third kappa shape index (κ3) is 3.80. The summed E-state index contributed by atoms with van der Waals surface area (Å²) in [5.74, 6) is 0. The number of rotatable bonds is 5. The minimum atomic E-state index is -0.239. The average Bonchev–Trinajstić information content (AvgIpc) is 3.24. The molecule has 0 fully saturated rings. The van der Waals surface area contributed by atoms with Crippen LogP contribution in [0.25, 0.3) is 0 Å². The van der Waals surface area contributed by atoms with Crippen LogP contribution in [0.3, 0.4) is 0 Å². The van der Waals surface area contributed by atoms with Gasteiger partial charge < -0.3 is 15.2 Å². The van der Waals surface area contributed by atoms with Gasteiger partial charge in [0.1, 0.15) is 5.01 Å². The number of aromatic nitrogens is 3. The van der Waals surface area contributed by atoms with Crippen molar-refractivity contribution in [3.8, 4) is 0 Å². The van der Waals surface area contributed by atoms with Gasteiger partial charge in [-0.1, -0.05) is 12.1 Å². The zero-order chi connectivity index (χ0) is 16.9. The number of imidazole rings is 1. The number of benzene rings is 1. The van der Waals surface area contributed by atoms with E-state index in [2.05, 4.69) is 32.1 Å². The van der Waals surface area contributed by atoms with Gasteiger partial charge in [0, 0.05) is 29.2 Å². The number of hydrogen-bond donors (Lipinski definition) is 2. The number of carbonyl (C=O) groups is 1. The Labute approximate surface area is 144 Å². The molecular formula is C17H19N5OS. The number of thiazole rings is 1. The standard InChI is InChI=1S/C17H19N5OS/c1-12-9-18-11-22(12)13(2)14-3-5-15(6-4-14)21-17(23)20-10-16-19-7-8-24-16/h3-9,11,13H,10H2,1-2H3,(H2,20,21,23)/t13-/m1/s1. The van der Waals surface area contributed by atoms with E-state index in [1.165, 1.54) is 11.3 Å². The largest absolute Gasteiger partial charge is 0.331 e. The van der Waals surface area contributed by atoms with Gasteiger partial charge in [0.15, 0.2) is 0 Å². The molecule has 2 heterocycles. The lowest BCUT2D eigenvalue weighted by Gasteiger charge is -2.16. The summed E-state index contributed by atoms with van der Waals surface area (Å²) in [6.07, 6.45) is 5.40. The topological polar surface area (TPSA) is 71.8 Å². The fraction of sp³-hybridized carbons (Fsp3) is 0.235. The van der Waals surface area contributed by atoms with Crippen LogP contribution in [0.1, 0.15) is 29.2 Å². The Bertz CT molecular complexity index is 795. The average molecular weight is 341 g/mol. The van der Waals surface area contributed by atoms with Crippen LogP contribution < -0.4 is 10.6 Å². The molecule has 0 spiro atoms. The third-order valence-electron chi connectivity index (χ3n) is 3.81. The molecule has 6 nitrogen and oxygen atoms in total. The summed E-state index contributed by atoms with van der Waals surface area (Å²) in [6.45, 7) is 4.59. The first-order chi connectivity index (χ1) is 11.6. The Morgan fingerprint density at radius 3 is 2.75 bits per heavy atom. The van der Waals surface area contributed by atoms with E-state index < -0.39 is 0 Å². The number of aryl methyl sites for hydroxylation is 1. The highest BCUT2D eigenvalue weighted by Crippen LogP contribution is 2.21. The van der Waals surface area contributed by atoms with Gasteiger partial charge >= 0.3 is 6.03 Å². The van der Waals surface area contributed by atoms with Crippen LogP contribution in [-0.2, 0) is 6.54 Å². The predicted octanol–water partition coefficient (Wildman–Crippen LogP) is 3.58. The molecule has 0 bridgehead atoms. The lowest BCUT2D eigenvalue weighted by molar-refractivity contribution is 0.251. The van der Waals surface area contributed by atoms with Crippen LogP contribution >= 0.6 is 11.3 Å². The fourth-order valence-corrected chi connectivity index (χ4v) is 3.01. The molecule has 2 aromatic heterocycles. The summed E-state index contributed by atoms with van der Waals surface area (Å²) >= 11 is 1.52. The van der Waals surface area contributed by atoms with Crippen molar-refractivity contribution in [2.24, 2.45) is 0 Å². The maximum absolute atomic E-state index is 11.9. The quantitative estimate of drug-likeness (QED) is 0.745. The first kappa shape index (κ1) is 16.2. The zero-order valence-corrected chi connectivity index (χ0v) is 14.4. The van der Waals surface area contributed by atoms with Crippen molar-refractivity contribution < 1.29 is 4.79 Å². The van der Waals surface area contributed by atoms with Crippen molar-refractivity contribution in [3.05, 3.63) is 64.6 Å². The second-order valence-electron chi connectivity index (χ2n) is 5.47. The summed E-state index contributed by atoms with van der Waals surface area (Å²) < 4.78 is 2.11. The molecule has 0 saturated heterocycles. The Balaban J connectivity index is 1.58. The molecule has 0 aliphatic heterocycles. The van der Waals surface area contributed by atoms with E-state index in [0.717, 1.165) is 22.0 Å². The number of urea groups is 1. The van der Waals surface area contributed by atoms with E-state index in [-0.39, 0.29) is 12.1 Å². The minimum absolute atomic E-state index is 0.195. The van der Waals surface area contributed by atoms with E-state index in [9.17, 15) is 4.79 Å². The van der Waals surface area contributed by atoms with Crippen molar-refractivity contribution in [1.29, 1.82) is 0 Å². The highest BCUT2D eigenvalue weighted by molar-refractivity contribution is 7.09. The molecule has 1 atom stereocenters. The normalized spacial score (nSPS) is 11.9. The summed E-state index contributed by atoms with van der Waals surface area (Å²) in [4.78, 5) is 20.2. The van der Waals surface area contributed by atoms with Crippen LogP contribution in [0.5, 0.6) is 0 Å². The minimum Gasteiger partial charge on any atom is -0.331 e. The zero-order valence-electron chi connectivity index (χ0n) is 13.6. The number of nitrogens with one attached hydrogen (secondary N) is 2. The van der Waals surface area contributed by atoms with Crippen molar-refractivity contribution in [2.75, 3.05) is 5.32 Å². The number of nitrogens with zero attached hydrogens (tertiary/aromatic N) is 3. The lowest BCUT2D eigenvalue weighted by Crippen LogP contribution is -2.28. The SMILES string of the molecule is Cc1cncn1[C@H](C)c1ccc(NC(=O)NCc2nccs2)cc1. The third-order valence-corrected chi connectivity index (χ3v) is 4.59. The first-order valence-electron chi connectivity index (χ1n) is 7.65. The number of hydrogen-bond acceptors (Lipinski definition) is 4. The Kier molecular flexibility index (Phi) is 4.90. The van der Waals surface area contributed by atoms with E-state index in [0.29, 0.717) is 6.54 Å². The van der Waals surface area contributed by atoms with Crippen LogP contribution in [0.2, 0.25) is 0 Å². The summed E-state index contributed by atoms with van der Waals surface area (Å²) in [5.41, 5.74) is 3.03. The van der Waals surface area contributed by atoms with Crippen molar-refractivity contribution >= 4 is 23.1 Å². The van der Waals surface area contributed by atoms with E-state index in [1.54, 1.807) is 6.20 Å². The summed E-state index contributed by atoms with van der Waals surface area (Å²) in [6, 6.07) is 7.79. The van der Waals surface area contributed by atoms with Crippen LogP contribution in [-0.4, -0.2) is 20.6 Å². The lowest BCUT2D eigenvalue weighted by atomic mass is 10.1. The molecule has 0 saturated carbocycles. The monoisotopic (exact) mass is 341 g/mol. The molecule has 24 heavy (non-hydrogen) atoms. The van der Waals surface area contributed by atoms with Gasteiger partial charge in [0.05, 0.1) is 18.9 Å². The number of amides is 2. The maximum Gasteiger partial charge on any atom is 0.319 e. The van der Waals surface area contributed by atoms with Crippen molar-refractivity contribution in [1.82, 2.24) is 19.9 Å². The predicted molar refractivity (Wildman–Crippen MR) is 95.2 cm³/mol. The number of anilines is 1. The van der Waals surface area contributed by atoms with Crippen molar-refractivity contribution in [3.63, 3.8) is 0 Å². The molecule has 2 N–H and O–H groups in total. The van der Waals surface area contributed by atoms with Gasteiger partial charge in [-0.2, -0.15) is 0 Å². The molecule has 1 aromatic carbocycles. The van der Waals surface area contributed by atoms with Crippen LogP contribution in [0, 0.1) is 6.92 Å². The molecule has 0 radical (unpaired) electrons. The molecule has 3 rings (SSSR count). The van der Waals surface area contributed by atoms with E-state index in [1.807, 2.05) is 49.1 Å². The van der Waals surface area contributed by atoms with Gasteiger partial charge in [0.25, 0.3) is 0 Å². The maximum atomic E-state index is 11.9. The van der Waals surface area contributed by atoms with E-state index in [4.69, 9.17) is 0 Å². The second kappa shape index (κ2) is 7.27. The van der Waals surface area contributed by atoms with Gasteiger partial charge in [-0.05, 0) is 31.5 Å². The van der Waals surface area contributed by atoms with Crippen LogP contribution in [0.4, 0.5) is 10.5 Å². The Morgan fingerprint density at radius 2 is 2.12 bits per heavy atom. The smallest absolute Gasteiger partial charge is 0.319 e. The second-order valence-corrected chi connectivity index (χ2v) is 6.45. The summed E-state index contributed by atoms with van der Waals surface area (Å²) in [7, 11) is 0. The molecule has 3 aromatic rings. The Hall–Kier alpha value is -2.67.